The molecule has 0 aromatic heterocycles. The van der Waals surface area contributed by atoms with Gasteiger partial charge in [-0.3, -0.25) is 0 Å². The van der Waals surface area contributed by atoms with Crippen molar-refractivity contribution in [3.05, 3.63) is 52.5 Å². The van der Waals surface area contributed by atoms with Crippen LogP contribution in [0.3, 0.4) is 0 Å². The summed E-state index contributed by atoms with van der Waals surface area (Å²) >= 11 is 3.16. The summed E-state index contributed by atoms with van der Waals surface area (Å²) in [4.78, 5) is 22.7. The van der Waals surface area contributed by atoms with Crippen molar-refractivity contribution in [1.29, 1.82) is 0 Å². The molecule has 0 saturated heterocycles. The van der Waals surface area contributed by atoms with Gasteiger partial charge in [-0.1, -0.05) is 12.1 Å². The number of esters is 1. The lowest BCUT2D eigenvalue weighted by Gasteiger charge is -2.10. The number of carbonyl (C=O) groups excluding carboxylic acids is 1. The Kier molecular flexibility index (Phi) is 5.59. The van der Waals surface area contributed by atoms with Crippen LogP contribution in [0.2, 0.25) is 0 Å². The van der Waals surface area contributed by atoms with Crippen LogP contribution in [0.5, 0.6) is 17.2 Å². The number of ether oxygens (including phenoxy) is 3. The number of carbonyl (C=O) groups is 2. The van der Waals surface area contributed by atoms with Gasteiger partial charge in [0.2, 0.25) is 0 Å². The molecule has 120 valence electrons. The van der Waals surface area contributed by atoms with Crippen LogP contribution in [0.15, 0.2) is 46.9 Å². The van der Waals surface area contributed by atoms with E-state index in [0.29, 0.717) is 16.0 Å². The zero-order valence-corrected chi connectivity index (χ0v) is 13.7. The van der Waals surface area contributed by atoms with Crippen LogP contribution < -0.4 is 14.2 Å². The Hall–Kier alpha value is -2.54. The van der Waals surface area contributed by atoms with Crippen LogP contribution in [-0.2, 0) is 4.79 Å². The van der Waals surface area contributed by atoms with Crippen molar-refractivity contribution in [2.45, 2.75) is 0 Å². The Bertz CT molecular complexity index is 728. The van der Waals surface area contributed by atoms with E-state index in [2.05, 4.69) is 15.9 Å². The Labute approximate surface area is 140 Å². The van der Waals surface area contributed by atoms with Gasteiger partial charge < -0.3 is 19.3 Å². The highest BCUT2D eigenvalue weighted by molar-refractivity contribution is 9.10. The van der Waals surface area contributed by atoms with Crippen molar-refractivity contribution in [1.82, 2.24) is 0 Å². The van der Waals surface area contributed by atoms with E-state index in [9.17, 15) is 9.59 Å². The Morgan fingerprint density at radius 3 is 2.39 bits per heavy atom. The maximum absolute atomic E-state index is 11.8. The molecule has 0 saturated carbocycles. The minimum atomic E-state index is -1.07. The van der Waals surface area contributed by atoms with Crippen molar-refractivity contribution < 1.29 is 28.9 Å². The van der Waals surface area contributed by atoms with Gasteiger partial charge in [0.1, 0.15) is 5.75 Å². The molecule has 0 spiro atoms. The molecule has 0 aliphatic rings. The molecule has 7 heteroatoms. The average Bonchev–Trinajstić information content (AvgIpc) is 2.54. The van der Waals surface area contributed by atoms with Crippen LogP contribution in [0.4, 0.5) is 0 Å². The number of hydrogen-bond donors (Lipinski definition) is 1. The van der Waals surface area contributed by atoms with E-state index in [1.165, 1.54) is 25.3 Å². The first kappa shape index (κ1) is 16.8. The molecular formula is C16H13BrO6. The predicted octanol–water partition coefficient (Wildman–Crippen LogP) is 3.14. The second-order valence-corrected chi connectivity index (χ2v) is 5.22. The van der Waals surface area contributed by atoms with Crippen molar-refractivity contribution in [3.8, 4) is 17.2 Å². The Morgan fingerprint density at radius 1 is 1.09 bits per heavy atom. The highest BCUT2D eigenvalue weighted by atomic mass is 79.9. The van der Waals surface area contributed by atoms with E-state index < -0.39 is 11.9 Å². The summed E-state index contributed by atoms with van der Waals surface area (Å²) in [6.07, 6.45) is 0. The molecule has 0 heterocycles. The van der Waals surface area contributed by atoms with Gasteiger partial charge in [-0.2, -0.15) is 0 Å². The number of aromatic carboxylic acids is 1. The number of hydrogen-bond acceptors (Lipinski definition) is 5. The first-order valence-corrected chi connectivity index (χ1v) is 7.30. The summed E-state index contributed by atoms with van der Waals surface area (Å²) in [5.41, 5.74) is 0.0851. The summed E-state index contributed by atoms with van der Waals surface area (Å²) in [7, 11) is 1.50. The minimum absolute atomic E-state index is 0.0851. The second-order valence-electron chi connectivity index (χ2n) is 4.36. The van der Waals surface area contributed by atoms with Gasteiger partial charge in [0.15, 0.2) is 18.1 Å². The molecule has 1 N–H and O–H groups in total. The summed E-state index contributed by atoms with van der Waals surface area (Å²) < 4.78 is 16.0. The maximum atomic E-state index is 11.8. The van der Waals surface area contributed by atoms with Crippen LogP contribution >= 0.6 is 15.9 Å². The molecule has 0 aliphatic heterocycles. The zero-order valence-electron chi connectivity index (χ0n) is 12.1. The number of rotatable bonds is 6. The number of halogens is 1. The fraction of sp³-hybridized carbons (Fsp3) is 0.125. The Morgan fingerprint density at radius 2 is 1.78 bits per heavy atom. The molecule has 0 radical (unpaired) electrons. The fourth-order valence-corrected chi connectivity index (χ4v) is 2.20. The summed E-state index contributed by atoms with van der Waals surface area (Å²) in [6.45, 7) is -0.312. The highest BCUT2D eigenvalue weighted by Gasteiger charge is 2.13. The third-order valence-corrected chi connectivity index (χ3v) is 3.44. The average molecular weight is 381 g/mol. The van der Waals surface area contributed by atoms with Gasteiger partial charge in [0, 0.05) is 0 Å². The predicted molar refractivity (Wildman–Crippen MR) is 85.2 cm³/mol. The number of benzene rings is 2. The molecule has 0 aliphatic carbocycles. The number of carboxylic acids is 1. The monoisotopic (exact) mass is 380 g/mol. The van der Waals surface area contributed by atoms with Gasteiger partial charge in [0.05, 0.1) is 17.1 Å². The van der Waals surface area contributed by atoms with Crippen LogP contribution in [0.1, 0.15) is 10.4 Å². The maximum Gasteiger partial charge on any atom is 0.349 e. The summed E-state index contributed by atoms with van der Waals surface area (Å²) in [5, 5.41) is 8.88. The number of para-hydroxylation sites is 2. The Balaban J connectivity index is 1.98. The van der Waals surface area contributed by atoms with Gasteiger partial charge >= 0.3 is 11.9 Å². The molecule has 0 amide bonds. The fourth-order valence-electron chi connectivity index (χ4n) is 1.74. The molecule has 0 unspecified atom stereocenters. The van der Waals surface area contributed by atoms with E-state index in [0.717, 1.165) is 0 Å². The SMILES string of the molecule is COc1ccccc1OCC(=O)Oc1ccc(C(=O)O)cc1Br. The number of carboxylic acid groups (broad SMARTS) is 1. The molecule has 2 aromatic carbocycles. The summed E-state index contributed by atoms with van der Waals surface area (Å²) in [6, 6.07) is 11.0. The van der Waals surface area contributed by atoms with E-state index in [1.807, 2.05) is 0 Å². The lowest BCUT2D eigenvalue weighted by Crippen LogP contribution is -2.18. The van der Waals surface area contributed by atoms with E-state index in [1.54, 1.807) is 24.3 Å². The van der Waals surface area contributed by atoms with Crippen molar-refractivity contribution in [2.24, 2.45) is 0 Å². The highest BCUT2D eigenvalue weighted by Crippen LogP contribution is 2.27. The van der Waals surface area contributed by atoms with Gasteiger partial charge in [-0.15, -0.1) is 0 Å². The molecule has 6 nitrogen and oxygen atoms in total. The quantitative estimate of drug-likeness (QED) is 0.612. The van der Waals surface area contributed by atoms with Crippen molar-refractivity contribution in [2.75, 3.05) is 13.7 Å². The smallest absolute Gasteiger partial charge is 0.349 e. The normalized spacial score (nSPS) is 10.0. The third kappa shape index (κ3) is 4.46. The zero-order chi connectivity index (χ0) is 16.8. The lowest BCUT2D eigenvalue weighted by molar-refractivity contribution is -0.136. The van der Waals surface area contributed by atoms with E-state index in [-0.39, 0.29) is 17.9 Å². The topological polar surface area (TPSA) is 82.1 Å². The first-order valence-electron chi connectivity index (χ1n) is 6.50. The van der Waals surface area contributed by atoms with Crippen LogP contribution in [0.25, 0.3) is 0 Å². The molecule has 2 rings (SSSR count). The van der Waals surface area contributed by atoms with E-state index in [4.69, 9.17) is 19.3 Å². The molecule has 0 bridgehead atoms. The lowest BCUT2D eigenvalue weighted by atomic mass is 10.2. The van der Waals surface area contributed by atoms with Crippen molar-refractivity contribution in [3.63, 3.8) is 0 Å². The molecule has 23 heavy (non-hydrogen) atoms. The number of methoxy groups -OCH3 is 1. The van der Waals surface area contributed by atoms with Crippen LogP contribution in [0, 0.1) is 0 Å². The van der Waals surface area contributed by atoms with E-state index >= 15 is 0 Å². The largest absolute Gasteiger partial charge is 0.493 e. The van der Waals surface area contributed by atoms with Gasteiger partial charge in [-0.25, -0.2) is 9.59 Å². The van der Waals surface area contributed by atoms with Crippen molar-refractivity contribution >= 4 is 27.9 Å². The van der Waals surface area contributed by atoms with Gasteiger partial charge in [-0.05, 0) is 46.3 Å². The molecular weight excluding hydrogens is 368 g/mol. The third-order valence-electron chi connectivity index (χ3n) is 2.82. The first-order chi connectivity index (χ1) is 11.0. The second kappa shape index (κ2) is 7.64. The standard InChI is InChI=1S/C16H13BrO6/c1-21-13-4-2-3-5-14(13)22-9-15(18)23-12-7-6-10(16(19)20)8-11(12)17/h2-8H,9H2,1H3,(H,19,20). The molecule has 0 atom stereocenters. The molecule has 2 aromatic rings. The summed E-state index contributed by atoms with van der Waals surface area (Å²) in [5.74, 6) is -0.550. The van der Waals surface area contributed by atoms with Crippen LogP contribution in [-0.4, -0.2) is 30.8 Å². The molecule has 0 fully saturated rings. The van der Waals surface area contributed by atoms with Gasteiger partial charge in [0.25, 0.3) is 0 Å². The minimum Gasteiger partial charge on any atom is -0.493 e.